The molecule has 3 aromatic rings. The lowest BCUT2D eigenvalue weighted by molar-refractivity contribution is 0.144. The van der Waals surface area contributed by atoms with Crippen molar-refractivity contribution in [2.45, 2.75) is 0 Å². The summed E-state index contributed by atoms with van der Waals surface area (Å²) in [5, 5.41) is 0.484. The van der Waals surface area contributed by atoms with Crippen molar-refractivity contribution in [2.24, 2.45) is 7.05 Å². The van der Waals surface area contributed by atoms with Gasteiger partial charge in [0.15, 0.2) is 11.5 Å². The molecule has 1 aromatic heterocycles. The van der Waals surface area contributed by atoms with E-state index >= 15 is 0 Å². The Bertz CT molecular complexity index is 936. The van der Waals surface area contributed by atoms with E-state index < -0.39 is 0 Å². The van der Waals surface area contributed by atoms with Gasteiger partial charge in [-0.25, -0.2) is 4.98 Å². The Kier molecular flexibility index (Phi) is 5.00. The van der Waals surface area contributed by atoms with Crippen molar-refractivity contribution in [3.63, 3.8) is 0 Å². The fraction of sp³-hybridized carbons (Fsp3) is 0.263. The third-order valence-corrected chi connectivity index (χ3v) is 3.95. The summed E-state index contributed by atoms with van der Waals surface area (Å²) in [6, 6.07) is 13.0. The standard InChI is InChI=1S/C19H20N2O4/c1-21-18(13-7-5-4-6-8-13)20-16-14(19(21)22)9-10-15(17(16)24-3)25-12-11-23-2/h4-10H,11-12H2,1-3H3. The summed E-state index contributed by atoms with van der Waals surface area (Å²) in [6.07, 6.45) is 0. The Hall–Kier alpha value is -2.86. The molecule has 2 aromatic carbocycles. The third-order valence-electron chi connectivity index (χ3n) is 3.95. The van der Waals surface area contributed by atoms with Crippen LogP contribution in [-0.2, 0) is 11.8 Å². The van der Waals surface area contributed by atoms with Crippen LogP contribution < -0.4 is 15.0 Å². The fourth-order valence-corrected chi connectivity index (χ4v) is 2.69. The molecule has 0 aliphatic heterocycles. The Balaban J connectivity index is 2.21. The molecule has 3 rings (SSSR count). The van der Waals surface area contributed by atoms with Crippen molar-refractivity contribution in [1.82, 2.24) is 9.55 Å². The molecular formula is C19H20N2O4. The number of rotatable bonds is 6. The summed E-state index contributed by atoms with van der Waals surface area (Å²) in [5.41, 5.74) is 1.21. The van der Waals surface area contributed by atoms with Crippen LogP contribution >= 0.6 is 0 Å². The van der Waals surface area contributed by atoms with E-state index in [1.165, 1.54) is 0 Å². The number of hydrogen-bond acceptors (Lipinski definition) is 5. The third kappa shape index (κ3) is 3.21. The highest BCUT2D eigenvalue weighted by atomic mass is 16.5. The van der Waals surface area contributed by atoms with Gasteiger partial charge in [0.2, 0.25) is 0 Å². The molecule has 0 bridgehead atoms. The summed E-state index contributed by atoms with van der Waals surface area (Å²) >= 11 is 0. The lowest BCUT2D eigenvalue weighted by atomic mass is 10.1. The van der Waals surface area contributed by atoms with Crippen molar-refractivity contribution in [3.8, 4) is 22.9 Å². The van der Waals surface area contributed by atoms with Crippen LogP contribution in [0.4, 0.5) is 0 Å². The number of nitrogens with zero attached hydrogens (tertiary/aromatic N) is 2. The average Bonchev–Trinajstić information content (AvgIpc) is 2.65. The van der Waals surface area contributed by atoms with Crippen molar-refractivity contribution in [1.29, 1.82) is 0 Å². The van der Waals surface area contributed by atoms with Gasteiger partial charge in [-0.05, 0) is 12.1 Å². The number of ether oxygens (including phenoxy) is 3. The van der Waals surface area contributed by atoms with Crippen LogP contribution in [-0.4, -0.2) is 37.0 Å². The van der Waals surface area contributed by atoms with Crippen LogP contribution in [0.5, 0.6) is 11.5 Å². The number of aromatic nitrogens is 2. The minimum atomic E-state index is -0.134. The average molecular weight is 340 g/mol. The first-order valence-corrected chi connectivity index (χ1v) is 7.92. The van der Waals surface area contributed by atoms with Crippen molar-refractivity contribution in [2.75, 3.05) is 27.4 Å². The van der Waals surface area contributed by atoms with Crippen LogP contribution in [0.25, 0.3) is 22.3 Å². The molecule has 0 unspecified atom stereocenters. The quantitative estimate of drug-likeness (QED) is 0.646. The van der Waals surface area contributed by atoms with Crippen molar-refractivity contribution in [3.05, 3.63) is 52.8 Å². The van der Waals surface area contributed by atoms with Gasteiger partial charge in [0.25, 0.3) is 5.56 Å². The molecule has 0 saturated heterocycles. The molecular weight excluding hydrogens is 320 g/mol. The highest BCUT2D eigenvalue weighted by molar-refractivity contribution is 5.88. The fourth-order valence-electron chi connectivity index (χ4n) is 2.69. The van der Waals surface area contributed by atoms with Gasteiger partial charge in [-0.2, -0.15) is 0 Å². The van der Waals surface area contributed by atoms with Gasteiger partial charge in [-0.15, -0.1) is 0 Å². The van der Waals surface area contributed by atoms with E-state index in [4.69, 9.17) is 19.2 Å². The maximum absolute atomic E-state index is 12.8. The lowest BCUT2D eigenvalue weighted by Gasteiger charge is -2.14. The zero-order valence-electron chi connectivity index (χ0n) is 14.5. The SMILES string of the molecule is COCCOc1ccc2c(=O)n(C)c(-c3ccccc3)nc2c1OC. The summed E-state index contributed by atoms with van der Waals surface area (Å²) in [4.78, 5) is 17.5. The van der Waals surface area contributed by atoms with E-state index in [1.807, 2.05) is 30.3 Å². The molecule has 25 heavy (non-hydrogen) atoms. The van der Waals surface area contributed by atoms with Crippen LogP contribution in [0.15, 0.2) is 47.3 Å². The van der Waals surface area contributed by atoms with E-state index in [-0.39, 0.29) is 5.56 Å². The van der Waals surface area contributed by atoms with Gasteiger partial charge >= 0.3 is 0 Å². The number of fused-ring (bicyclic) bond motifs is 1. The van der Waals surface area contributed by atoms with Gasteiger partial charge in [0.05, 0.1) is 19.1 Å². The Labute approximate surface area is 145 Å². The van der Waals surface area contributed by atoms with Crippen LogP contribution in [0.1, 0.15) is 0 Å². The zero-order chi connectivity index (χ0) is 17.8. The maximum Gasteiger partial charge on any atom is 0.261 e. The molecule has 0 amide bonds. The molecule has 0 spiro atoms. The van der Waals surface area contributed by atoms with Gasteiger partial charge in [0, 0.05) is 19.7 Å². The van der Waals surface area contributed by atoms with Crippen molar-refractivity contribution < 1.29 is 14.2 Å². The highest BCUT2D eigenvalue weighted by Crippen LogP contribution is 2.34. The Morgan fingerprint density at radius 2 is 1.80 bits per heavy atom. The number of benzene rings is 2. The first kappa shape index (κ1) is 17.0. The van der Waals surface area contributed by atoms with Gasteiger partial charge < -0.3 is 14.2 Å². The zero-order valence-corrected chi connectivity index (χ0v) is 14.5. The highest BCUT2D eigenvalue weighted by Gasteiger charge is 2.17. The van der Waals surface area contributed by atoms with E-state index in [0.29, 0.717) is 41.4 Å². The number of hydrogen-bond donors (Lipinski definition) is 0. The lowest BCUT2D eigenvalue weighted by Crippen LogP contribution is -2.20. The van der Waals surface area contributed by atoms with Gasteiger partial charge in [0.1, 0.15) is 17.9 Å². The second-order valence-corrected chi connectivity index (χ2v) is 5.50. The number of methoxy groups -OCH3 is 2. The van der Waals surface area contributed by atoms with Crippen LogP contribution in [0.3, 0.4) is 0 Å². The predicted molar refractivity (Wildman–Crippen MR) is 96.3 cm³/mol. The molecule has 0 N–H and O–H groups in total. The first-order chi connectivity index (χ1) is 12.2. The van der Waals surface area contributed by atoms with Crippen LogP contribution in [0.2, 0.25) is 0 Å². The van der Waals surface area contributed by atoms with E-state index in [1.54, 1.807) is 38.0 Å². The minimum Gasteiger partial charge on any atom is -0.491 e. The predicted octanol–water partition coefficient (Wildman–Crippen LogP) is 2.63. The molecule has 130 valence electrons. The summed E-state index contributed by atoms with van der Waals surface area (Å²) in [5.74, 6) is 1.56. The molecule has 0 fully saturated rings. The monoisotopic (exact) mass is 340 g/mol. The van der Waals surface area contributed by atoms with E-state index in [9.17, 15) is 4.79 Å². The summed E-state index contributed by atoms with van der Waals surface area (Å²) in [7, 11) is 4.87. The molecule has 6 nitrogen and oxygen atoms in total. The normalized spacial score (nSPS) is 10.8. The largest absolute Gasteiger partial charge is 0.491 e. The molecule has 0 aliphatic rings. The second-order valence-electron chi connectivity index (χ2n) is 5.50. The van der Waals surface area contributed by atoms with E-state index in [0.717, 1.165) is 5.56 Å². The molecule has 0 saturated carbocycles. The smallest absolute Gasteiger partial charge is 0.261 e. The molecule has 0 radical (unpaired) electrons. The molecule has 1 heterocycles. The van der Waals surface area contributed by atoms with Gasteiger partial charge in [-0.1, -0.05) is 30.3 Å². The van der Waals surface area contributed by atoms with Crippen molar-refractivity contribution >= 4 is 10.9 Å². The molecule has 0 atom stereocenters. The summed E-state index contributed by atoms with van der Waals surface area (Å²) in [6.45, 7) is 0.842. The molecule has 6 heteroatoms. The van der Waals surface area contributed by atoms with Gasteiger partial charge in [-0.3, -0.25) is 9.36 Å². The molecule has 0 aliphatic carbocycles. The maximum atomic E-state index is 12.8. The Morgan fingerprint density at radius 1 is 1.04 bits per heavy atom. The second kappa shape index (κ2) is 7.36. The Morgan fingerprint density at radius 3 is 2.48 bits per heavy atom. The first-order valence-electron chi connectivity index (χ1n) is 7.92. The summed E-state index contributed by atoms with van der Waals surface area (Å²) < 4.78 is 17.7. The topological polar surface area (TPSA) is 62.6 Å². The minimum absolute atomic E-state index is 0.134. The van der Waals surface area contributed by atoms with Crippen LogP contribution in [0, 0.1) is 0 Å². The van der Waals surface area contributed by atoms with E-state index in [2.05, 4.69) is 0 Å².